The number of carbonyl (C=O) groups is 1. The number of hydrogen-bond donors (Lipinski definition) is 2. The molecule has 2 aromatic carbocycles. The maximum absolute atomic E-state index is 11.9. The second-order valence-corrected chi connectivity index (χ2v) is 5.78. The minimum atomic E-state index is 0.162. The Morgan fingerprint density at radius 1 is 1.19 bits per heavy atom. The zero-order valence-electron chi connectivity index (χ0n) is 12.3. The number of fused-ring (bicyclic) bond motifs is 1. The summed E-state index contributed by atoms with van der Waals surface area (Å²) in [6.45, 7) is 1.76. The molecule has 1 atom stereocenters. The highest BCUT2D eigenvalue weighted by Crippen LogP contribution is 2.15. The molecule has 2 aromatic rings. The number of nitrogens with one attached hydrogen (secondary N) is 2. The van der Waals surface area contributed by atoms with Crippen molar-refractivity contribution in [3.63, 3.8) is 0 Å². The van der Waals surface area contributed by atoms with Crippen molar-refractivity contribution in [3.8, 4) is 0 Å². The van der Waals surface area contributed by atoms with Gasteiger partial charge in [0.1, 0.15) is 0 Å². The fourth-order valence-corrected chi connectivity index (χ4v) is 2.97. The van der Waals surface area contributed by atoms with Crippen LogP contribution in [0.1, 0.15) is 24.8 Å². The van der Waals surface area contributed by atoms with Crippen LogP contribution >= 0.6 is 0 Å². The molecule has 0 aliphatic carbocycles. The molecule has 0 bridgehead atoms. The summed E-state index contributed by atoms with van der Waals surface area (Å²) in [5.41, 5.74) is 1.27. The normalized spacial score (nSPS) is 18.0. The van der Waals surface area contributed by atoms with Crippen LogP contribution in [0.3, 0.4) is 0 Å². The van der Waals surface area contributed by atoms with Gasteiger partial charge in [-0.2, -0.15) is 0 Å². The number of rotatable bonds is 5. The van der Waals surface area contributed by atoms with E-state index in [1.807, 2.05) is 0 Å². The minimum absolute atomic E-state index is 0.162. The zero-order chi connectivity index (χ0) is 14.5. The molecule has 1 unspecified atom stereocenters. The molecule has 1 amide bonds. The van der Waals surface area contributed by atoms with E-state index in [0.717, 1.165) is 19.4 Å². The van der Waals surface area contributed by atoms with Gasteiger partial charge >= 0.3 is 0 Å². The third kappa shape index (κ3) is 3.82. The maximum atomic E-state index is 11.9. The van der Waals surface area contributed by atoms with Crippen LogP contribution in [-0.4, -0.2) is 25.0 Å². The molecule has 1 heterocycles. The van der Waals surface area contributed by atoms with Crippen molar-refractivity contribution in [2.75, 3.05) is 13.1 Å². The predicted octanol–water partition coefficient (Wildman–Crippen LogP) is 2.64. The number of carbonyl (C=O) groups excluding carboxylic acids is 1. The summed E-state index contributed by atoms with van der Waals surface area (Å²) in [5.74, 6) is 0.162. The molecule has 3 rings (SSSR count). The fourth-order valence-electron chi connectivity index (χ4n) is 2.97. The lowest BCUT2D eigenvalue weighted by Crippen LogP contribution is -2.32. The van der Waals surface area contributed by atoms with Gasteiger partial charge in [-0.05, 0) is 42.1 Å². The smallest absolute Gasteiger partial charge is 0.221 e. The Labute approximate surface area is 125 Å². The molecule has 110 valence electrons. The first-order valence-electron chi connectivity index (χ1n) is 7.79. The average Bonchev–Trinajstić information content (AvgIpc) is 3.00. The summed E-state index contributed by atoms with van der Waals surface area (Å²) in [7, 11) is 0. The van der Waals surface area contributed by atoms with Gasteiger partial charge in [-0.15, -0.1) is 0 Å². The Balaban J connectivity index is 1.48. The first kappa shape index (κ1) is 14.1. The lowest BCUT2D eigenvalue weighted by atomic mass is 10.1. The van der Waals surface area contributed by atoms with Gasteiger partial charge in [0, 0.05) is 19.0 Å². The minimum Gasteiger partial charge on any atom is -0.356 e. The molecule has 21 heavy (non-hydrogen) atoms. The highest BCUT2D eigenvalue weighted by atomic mass is 16.1. The largest absolute Gasteiger partial charge is 0.356 e. The van der Waals surface area contributed by atoms with Gasteiger partial charge in [-0.3, -0.25) is 4.79 Å². The van der Waals surface area contributed by atoms with Gasteiger partial charge in [0.05, 0.1) is 0 Å². The second-order valence-electron chi connectivity index (χ2n) is 5.78. The van der Waals surface area contributed by atoms with E-state index >= 15 is 0 Å². The molecule has 0 saturated carbocycles. The van der Waals surface area contributed by atoms with Crippen molar-refractivity contribution in [1.29, 1.82) is 0 Å². The summed E-state index contributed by atoms with van der Waals surface area (Å²) >= 11 is 0. The molecule has 0 spiro atoms. The van der Waals surface area contributed by atoms with E-state index < -0.39 is 0 Å². The van der Waals surface area contributed by atoms with Gasteiger partial charge < -0.3 is 10.6 Å². The Kier molecular flexibility index (Phi) is 4.51. The van der Waals surface area contributed by atoms with E-state index in [4.69, 9.17) is 0 Å². The van der Waals surface area contributed by atoms with Gasteiger partial charge in [0.15, 0.2) is 0 Å². The van der Waals surface area contributed by atoms with E-state index in [2.05, 4.69) is 53.1 Å². The number of hydrogen-bond acceptors (Lipinski definition) is 2. The topological polar surface area (TPSA) is 41.1 Å². The molecule has 1 aliphatic rings. The highest BCUT2D eigenvalue weighted by Gasteiger charge is 2.17. The molecule has 1 fully saturated rings. The molecule has 0 radical (unpaired) electrons. The summed E-state index contributed by atoms with van der Waals surface area (Å²) in [6.07, 6.45) is 3.81. The standard InChI is InChI=1S/C18H22N2O/c21-18(13-17-6-3-10-19-17)20-11-9-14-7-8-15-4-1-2-5-16(15)12-14/h1-2,4-5,7-8,12,17,19H,3,6,9-11,13H2,(H,20,21). The SMILES string of the molecule is O=C(CC1CCCN1)NCCc1ccc2ccccc2c1. The Bertz CT molecular complexity index is 617. The van der Waals surface area contributed by atoms with Gasteiger partial charge in [-0.1, -0.05) is 42.5 Å². The Hall–Kier alpha value is -1.87. The quantitative estimate of drug-likeness (QED) is 0.885. The van der Waals surface area contributed by atoms with Crippen LogP contribution in [0.4, 0.5) is 0 Å². The molecule has 1 aliphatic heterocycles. The third-order valence-corrected chi connectivity index (χ3v) is 4.14. The van der Waals surface area contributed by atoms with E-state index in [0.29, 0.717) is 19.0 Å². The van der Waals surface area contributed by atoms with Crippen LogP contribution in [0.25, 0.3) is 10.8 Å². The molecule has 0 aromatic heterocycles. The first-order chi connectivity index (χ1) is 10.3. The van der Waals surface area contributed by atoms with Crippen LogP contribution in [0.5, 0.6) is 0 Å². The third-order valence-electron chi connectivity index (χ3n) is 4.14. The Morgan fingerprint density at radius 2 is 2.05 bits per heavy atom. The first-order valence-corrected chi connectivity index (χ1v) is 7.79. The maximum Gasteiger partial charge on any atom is 0.221 e. The van der Waals surface area contributed by atoms with Gasteiger partial charge in [-0.25, -0.2) is 0 Å². The molecular weight excluding hydrogens is 260 g/mol. The van der Waals surface area contributed by atoms with Crippen molar-refractivity contribution in [1.82, 2.24) is 10.6 Å². The van der Waals surface area contributed by atoms with Gasteiger partial charge in [0.2, 0.25) is 5.91 Å². The lowest BCUT2D eigenvalue weighted by Gasteiger charge is -2.10. The lowest BCUT2D eigenvalue weighted by molar-refractivity contribution is -0.121. The number of amides is 1. The summed E-state index contributed by atoms with van der Waals surface area (Å²) in [6, 6.07) is 15.2. The second kappa shape index (κ2) is 6.72. The van der Waals surface area contributed by atoms with Crippen LogP contribution in [0.15, 0.2) is 42.5 Å². The summed E-state index contributed by atoms with van der Waals surface area (Å²) < 4.78 is 0. The van der Waals surface area contributed by atoms with Crippen LogP contribution < -0.4 is 10.6 Å². The van der Waals surface area contributed by atoms with Crippen molar-refractivity contribution in [2.24, 2.45) is 0 Å². The number of benzene rings is 2. The molecular formula is C18H22N2O. The monoisotopic (exact) mass is 282 g/mol. The average molecular weight is 282 g/mol. The predicted molar refractivity (Wildman–Crippen MR) is 86.3 cm³/mol. The summed E-state index contributed by atoms with van der Waals surface area (Å²) in [5, 5.41) is 8.90. The van der Waals surface area contributed by atoms with Crippen LogP contribution in [0, 0.1) is 0 Å². The van der Waals surface area contributed by atoms with Crippen molar-refractivity contribution in [3.05, 3.63) is 48.0 Å². The molecule has 3 heteroatoms. The fraction of sp³-hybridized carbons (Fsp3) is 0.389. The molecule has 1 saturated heterocycles. The molecule has 2 N–H and O–H groups in total. The van der Waals surface area contributed by atoms with Gasteiger partial charge in [0.25, 0.3) is 0 Å². The van der Waals surface area contributed by atoms with Crippen LogP contribution in [0.2, 0.25) is 0 Å². The van der Waals surface area contributed by atoms with Crippen molar-refractivity contribution >= 4 is 16.7 Å². The van der Waals surface area contributed by atoms with E-state index in [-0.39, 0.29) is 5.91 Å². The highest BCUT2D eigenvalue weighted by molar-refractivity contribution is 5.83. The van der Waals surface area contributed by atoms with E-state index in [1.54, 1.807) is 0 Å². The van der Waals surface area contributed by atoms with E-state index in [1.165, 1.54) is 22.8 Å². The van der Waals surface area contributed by atoms with Crippen molar-refractivity contribution < 1.29 is 4.79 Å². The molecule has 3 nitrogen and oxygen atoms in total. The Morgan fingerprint density at radius 3 is 2.86 bits per heavy atom. The zero-order valence-corrected chi connectivity index (χ0v) is 12.3. The summed E-state index contributed by atoms with van der Waals surface area (Å²) in [4.78, 5) is 11.9. The van der Waals surface area contributed by atoms with Crippen LogP contribution in [-0.2, 0) is 11.2 Å². The van der Waals surface area contributed by atoms with Crippen molar-refractivity contribution in [2.45, 2.75) is 31.7 Å². The van der Waals surface area contributed by atoms with E-state index in [9.17, 15) is 4.79 Å².